The number of aryl methyl sites for hydroxylation is 1. The van der Waals surface area contributed by atoms with E-state index in [4.69, 9.17) is 9.47 Å². The highest BCUT2D eigenvalue weighted by Crippen LogP contribution is 2.51. The molecule has 3 rings (SSSR count). The summed E-state index contributed by atoms with van der Waals surface area (Å²) in [6, 6.07) is 3.56. The van der Waals surface area contributed by atoms with Crippen LogP contribution in [0.5, 0.6) is 5.75 Å². The molecule has 8 heteroatoms. The summed E-state index contributed by atoms with van der Waals surface area (Å²) in [6.45, 7) is 9.80. The molecule has 2 aliphatic rings. The number of hydrogen-bond donors (Lipinski definition) is 1. The van der Waals surface area contributed by atoms with Crippen molar-refractivity contribution in [1.82, 2.24) is 10.2 Å². The zero-order valence-electron chi connectivity index (χ0n) is 17.9. The van der Waals surface area contributed by atoms with Gasteiger partial charge in [0.05, 0.1) is 12.0 Å². The topological polar surface area (TPSA) is 93.9 Å². The summed E-state index contributed by atoms with van der Waals surface area (Å²) < 4.78 is 10.8. The molecule has 8 nitrogen and oxygen atoms in total. The van der Waals surface area contributed by atoms with Crippen LogP contribution in [-0.2, 0) is 11.2 Å². The third kappa shape index (κ3) is 4.17. The Morgan fingerprint density at radius 3 is 2.45 bits per heavy atom. The van der Waals surface area contributed by atoms with Crippen LogP contribution < -0.4 is 10.1 Å². The molecule has 2 fully saturated rings. The summed E-state index contributed by atoms with van der Waals surface area (Å²) >= 11 is 0. The maximum atomic E-state index is 12.4. The first-order valence-electron chi connectivity index (χ1n) is 10.2. The Balaban J connectivity index is 1.79. The number of nitrogens with zero attached hydrogens (tertiary/aromatic N) is 2. The molecule has 1 amide bonds. The minimum Gasteiger partial charge on any atom is -0.490 e. The van der Waals surface area contributed by atoms with Crippen molar-refractivity contribution < 1.29 is 19.2 Å². The first-order valence-corrected chi connectivity index (χ1v) is 10.2. The number of rotatable bonds is 4. The fourth-order valence-electron chi connectivity index (χ4n) is 4.37. The molecule has 29 heavy (non-hydrogen) atoms. The van der Waals surface area contributed by atoms with Crippen LogP contribution in [0.3, 0.4) is 0 Å². The molecule has 2 heterocycles. The molecule has 1 unspecified atom stereocenters. The quantitative estimate of drug-likeness (QED) is 0.604. The van der Waals surface area contributed by atoms with Gasteiger partial charge in [0.2, 0.25) is 0 Å². The molecule has 160 valence electrons. The Morgan fingerprint density at radius 1 is 1.34 bits per heavy atom. The van der Waals surface area contributed by atoms with Gasteiger partial charge in [0.15, 0.2) is 5.75 Å². The Bertz CT molecular complexity index is 794. The van der Waals surface area contributed by atoms with E-state index in [0.29, 0.717) is 19.5 Å². The van der Waals surface area contributed by atoms with Crippen LogP contribution in [0.4, 0.5) is 10.5 Å². The van der Waals surface area contributed by atoms with Gasteiger partial charge < -0.3 is 19.7 Å². The predicted octanol–water partition coefficient (Wildman–Crippen LogP) is 3.83. The number of likely N-dealkylation sites (tertiary alicyclic amines) is 1. The second kappa shape index (κ2) is 7.82. The summed E-state index contributed by atoms with van der Waals surface area (Å²) in [5.41, 5.74) is 1.57. The number of ether oxygens (including phenoxy) is 2. The molecule has 1 aromatic carbocycles. The summed E-state index contributed by atoms with van der Waals surface area (Å²) in [4.78, 5) is 25.1. The number of nitro groups is 1. The number of methoxy groups -OCH3 is 1. The lowest BCUT2D eigenvalue weighted by molar-refractivity contribution is -0.385. The molecule has 0 radical (unpaired) electrons. The summed E-state index contributed by atoms with van der Waals surface area (Å²) in [7, 11) is 1.46. The van der Waals surface area contributed by atoms with Crippen LogP contribution in [-0.4, -0.2) is 48.3 Å². The molecule has 2 aliphatic heterocycles. The number of carbonyl (C=O) groups excluding carboxylic acids is 1. The Kier molecular flexibility index (Phi) is 5.76. The van der Waals surface area contributed by atoms with Crippen molar-refractivity contribution in [3.8, 4) is 5.75 Å². The molecule has 0 saturated carbocycles. The van der Waals surface area contributed by atoms with Crippen LogP contribution in [0, 0.1) is 15.5 Å². The zero-order chi connectivity index (χ0) is 21.4. The van der Waals surface area contributed by atoms with Crippen molar-refractivity contribution in [2.45, 2.75) is 58.6 Å². The van der Waals surface area contributed by atoms with Gasteiger partial charge in [-0.25, -0.2) is 4.79 Å². The Morgan fingerprint density at radius 2 is 2.00 bits per heavy atom. The minimum absolute atomic E-state index is 0.00113. The van der Waals surface area contributed by atoms with Crippen molar-refractivity contribution in [3.05, 3.63) is 33.4 Å². The predicted molar refractivity (Wildman–Crippen MR) is 109 cm³/mol. The molecular weight excluding hydrogens is 374 g/mol. The van der Waals surface area contributed by atoms with Gasteiger partial charge in [0.1, 0.15) is 5.60 Å². The molecule has 2 saturated heterocycles. The number of nitrogens with one attached hydrogen (secondary N) is 1. The standard InChI is InChI=1S/C21H31N3O5/c1-6-14-11-16(24(26)27)17(28-5)12-15(14)18-21(13-22-18)7-9-23(10-8-21)19(25)29-20(2,3)4/h11-12,18,22H,6-10,13H2,1-5H3. The zero-order valence-corrected chi connectivity index (χ0v) is 17.9. The van der Waals surface area contributed by atoms with E-state index in [1.54, 1.807) is 11.0 Å². The number of hydrogen-bond acceptors (Lipinski definition) is 6. The van der Waals surface area contributed by atoms with Gasteiger partial charge in [-0.05, 0) is 57.2 Å². The summed E-state index contributed by atoms with van der Waals surface area (Å²) in [6.07, 6.45) is 2.18. The average molecular weight is 405 g/mol. The normalized spacial score (nSPS) is 20.9. The highest BCUT2D eigenvalue weighted by Gasteiger charge is 2.50. The molecule has 0 bridgehead atoms. The maximum absolute atomic E-state index is 12.4. The van der Waals surface area contributed by atoms with Gasteiger partial charge in [0, 0.05) is 37.2 Å². The van der Waals surface area contributed by atoms with Crippen LogP contribution in [0.2, 0.25) is 0 Å². The van der Waals surface area contributed by atoms with Gasteiger partial charge >= 0.3 is 11.8 Å². The van der Waals surface area contributed by atoms with E-state index in [2.05, 4.69) is 5.32 Å². The lowest BCUT2D eigenvalue weighted by Gasteiger charge is -2.55. The number of benzene rings is 1. The van der Waals surface area contributed by atoms with Gasteiger partial charge in [-0.3, -0.25) is 10.1 Å². The molecule has 1 N–H and O–H groups in total. The monoisotopic (exact) mass is 405 g/mol. The highest BCUT2D eigenvalue weighted by molar-refractivity contribution is 5.68. The third-order valence-electron chi connectivity index (χ3n) is 6.01. The lowest BCUT2D eigenvalue weighted by atomic mass is 9.64. The number of piperidine rings is 1. The van der Waals surface area contributed by atoms with E-state index in [-0.39, 0.29) is 29.0 Å². The number of nitro benzene ring substituents is 1. The number of amides is 1. The van der Waals surface area contributed by atoms with E-state index < -0.39 is 10.5 Å². The van der Waals surface area contributed by atoms with Crippen LogP contribution in [0.25, 0.3) is 0 Å². The minimum atomic E-state index is -0.502. The van der Waals surface area contributed by atoms with Crippen LogP contribution >= 0.6 is 0 Å². The van der Waals surface area contributed by atoms with Gasteiger partial charge in [-0.1, -0.05) is 6.92 Å². The molecular formula is C21H31N3O5. The van der Waals surface area contributed by atoms with Crippen LogP contribution in [0.15, 0.2) is 12.1 Å². The first-order chi connectivity index (χ1) is 13.6. The van der Waals surface area contributed by atoms with Crippen molar-refractivity contribution in [3.63, 3.8) is 0 Å². The largest absolute Gasteiger partial charge is 0.490 e. The average Bonchev–Trinajstić information content (AvgIpc) is 2.65. The van der Waals surface area contributed by atoms with Crippen molar-refractivity contribution in [2.24, 2.45) is 5.41 Å². The smallest absolute Gasteiger partial charge is 0.410 e. The third-order valence-corrected chi connectivity index (χ3v) is 6.01. The van der Waals surface area contributed by atoms with Crippen molar-refractivity contribution in [2.75, 3.05) is 26.7 Å². The van der Waals surface area contributed by atoms with E-state index >= 15 is 0 Å². The maximum Gasteiger partial charge on any atom is 0.410 e. The molecule has 1 atom stereocenters. The second-order valence-electron chi connectivity index (χ2n) is 8.98. The van der Waals surface area contributed by atoms with Crippen molar-refractivity contribution >= 4 is 11.8 Å². The fourth-order valence-corrected chi connectivity index (χ4v) is 4.37. The van der Waals surface area contributed by atoms with Crippen LogP contribution in [0.1, 0.15) is 57.7 Å². The Labute approximate surface area is 171 Å². The fraction of sp³-hybridized carbons (Fsp3) is 0.667. The second-order valence-corrected chi connectivity index (χ2v) is 8.98. The van der Waals surface area contributed by atoms with Gasteiger partial charge in [-0.15, -0.1) is 0 Å². The Hall–Kier alpha value is -2.35. The van der Waals surface area contributed by atoms with Gasteiger partial charge in [-0.2, -0.15) is 0 Å². The molecule has 0 aliphatic carbocycles. The lowest BCUT2D eigenvalue weighted by Crippen LogP contribution is -2.61. The molecule has 0 aromatic heterocycles. The first kappa shape index (κ1) is 21.4. The highest BCUT2D eigenvalue weighted by atomic mass is 16.6. The van der Waals surface area contributed by atoms with Gasteiger partial charge in [0.25, 0.3) is 0 Å². The summed E-state index contributed by atoms with van der Waals surface area (Å²) in [5.74, 6) is 0.289. The van der Waals surface area contributed by atoms with E-state index in [9.17, 15) is 14.9 Å². The molecule has 1 spiro atoms. The van der Waals surface area contributed by atoms with E-state index in [1.165, 1.54) is 7.11 Å². The summed E-state index contributed by atoms with van der Waals surface area (Å²) in [5, 5.41) is 14.9. The van der Waals surface area contributed by atoms with E-state index in [1.807, 2.05) is 33.8 Å². The number of carbonyl (C=O) groups is 1. The van der Waals surface area contributed by atoms with Crippen molar-refractivity contribution in [1.29, 1.82) is 0 Å². The molecule has 1 aromatic rings. The SMILES string of the molecule is CCc1cc([N+](=O)[O-])c(OC)cc1C1NCC12CCN(C(=O)OC(C)(C)C)CC2. The van der Waals surface area contributed by atoms with E-state index in [0.717, 1.165) is 30.5 Å².